The van der Waals surface area contributed by atoms with E-state index in [1.807, 2.05) is 54.7 Å². The molecular formula is C24H29N5O. The molecular weight excluding hydrogens is 374 g/mol. The highest BCUT2D eigenvalue weighted by Crippen LogP contribution is 2.16. The molecule has 2 aromatic carbocycles. The average molecular weight is 404 g/mol. The molecule has 3 aromatic rings. The van der Waals surface area contributed by atoms with Crippen LogP contribution in [-0.2, 0) is 17.9 Å². The van der Waals surface area contributed by atoms with Crippen LogP contribution in [0.25, 0.3) is 11.4 Å². The zero-order valence-electron chi connectivity index (χ0n) is 17.3. The second-order valence-corrected chi connectivity index (χ2v) is 7.69. The van der Waals surface area contributed by atoms with E-state index in [4.69, 9.17) is 0 Å². The molecule has 1 amide bonds. The number of rotatable bonds is 8. The maximum Gasteiger partial charge on any atom is 0.234 e. The Bertz CT molecular complexity index is 917. The maximum absolute atomic E-state index is 12.2. The lowest BCUT2D eigenvalue weighted by Gasteiger charge is -2.34. The molecule has 0 bridgehead atoms. The predicted molar refractivity (Wildman–Crippen MR) is 119 cm³/mol. The van der Waals surface area contributed by atoms with Crippen LogP contribution in [0.15, 0.2) is 73.1 Å². The van der Waals surface area contributed by atoms with Crippen LogP contribution in [-0.4, -0.2) is 64.5 Å². The monoisotopic (exact) mass is 403 g/mol. The molecule has 1 N–H and O–H groups in total. The summed E-state index contributed by atoms with van der Waals surface area (Å²) in [5.74, 6) is 1.11. The number of imidazole rings is 1. The summed E-state index contributed by atoms with van der Waals surface area (Å²) in [4.78, 5) is 21.5. The Balaban J connectivity index is 1.18. The van der Waals surface area contributed by atoms with Gasteiger partial charge in [0.05, 0.1) is 6.54 Å². The Labute approximate surface area is 178 Å². The van der Waals surface area contributed by atoms with Crippen molar-refractivity contribution in [3.63, 3.8) is 0 Å². The van der Waals surface area contributed by atoms with Gasteiger partial charge in [-0.25, -0.2) is 4.98 Å². The number of carbonyl (C=O) groups is 1. The van der Waals surface area contributed by atoms with E-state index in [0.29, 0.717) is 13.1 Å². The van der Waals surface area contributed by atoms with Crippen LogP contribution in [0.4, 0.5) is 0 Å². The fourth-order valence-corrected chi connectivity index (χ4v) is 3.81. The van der Waals surface area contributed by atoms with Gasteiger partial charge in [-0.3, -0.25) is 14.6 Å². The fourth-order valence-electron chi connectivity index (χ4n) is 3.81. The van der Waals surface area contributed by atoms with E-state index in [2.05, 4.69) is 43.0 Å². The molecule has 6 nitrogen and oxygen atoms in total. The lowest BCUT2D eigenvalue weighted by molar-refractivity contribution is -0.122. The summed E-state index contributed by atoms with van der Waals surface area (Å²) < 4.78 is 2.22. The minimum atomic E-state index is 0.0956. The van der Waals surface area contributed by atoms with Crippen molar-refractivity contribution in [3.8, 4) is 11.4 Å². The molecule has 30 heavy (non-hydrogen) atoms. The molecule has 156 valence electrons. The Kier molecular flexibility index (Phi) is 6.90. The Hall–Kier alpha value is -2.96. The van der Waals surface area contributed by atoms with Gasteiger partial charge in [0.2, 0.25) is 5.91 Å². The summed E-state index contributed by atoms with van der Waals surface area (Å²) in [6, 6.07) is 20.3. The first-order valence-electron chi connectivity index (χ1n) is 10.6. The van der Waals surface area contributed by atoms with Gasteiger partial charge < -0.3 is 9.88 Å². The van der Waals surface area contributed by atoms with Crippen molar-refractivity contribution in [1.29, 1.82) is 0 Å². The molecule has 2 heterocycles. The standard InChI is InChI=1S/C24H29N5O/c30-23(26-19-21-7-3-1-4-8-21)20-28-15-13-27(14-16-28)17-18-29-12-11-25-24(29)22-9-5-2-6-10-22/h1-12H,13-20H2,(H,26,30). The summed E-state index contributed by atoms with van der Waals surface area (Å²) in [6.45, 7) is 6.80. The van der Waals surface area contributed by atoms with E-state index < -0.39 is 0 Å². The molecule has 0 saturated carbocycles. The Morgan fingerprint density at radius 1 is 0.867 bits per heavy atom. The van der Waals surface area contributed by atoms with Crippen molar-refractivity contribution in [2.45, 2.75) is 13.1 Å². The molecule has 0 atom stereocenters. The van der Waals surface area contributed by atoms with Gasteiger partial charge >= 0.3 is 0 Å². The number of carbonyl (C=O) groups excluding carboxylic acids is 1. The van der Waals surface area contributed by atoms with Crippen molar-refractivity contribution in [2.24, 2.45) is 0 Å². The fraction of sp³-hybridized carbons (Fsp3) is 0.333. The van der Waals surface area contributed by atoms with Crippen LogP contribution in [0.2, 0.25) is 0 Å². The number of piperazine rings is 1. The highest BCUT2D eigenvalue weighted by Gasteiger charge is 2.19. The molecule has 1 aliphatic heterocycles. The first-order valence-corrected chi connectivity index (χ1v) is 10.6. The predicted octanol–water partition coefficient (Wildman–Crippen LogP) is 2.48. The number of hydrogen-bond acceptors (Lipinski definition) is 4. The van der Waals surface area contributed by atoms with E-state index >= 15 is 0 Å². The minimum absolute atomic E-state index is 0.0956. The number of hydrogen-bond donors (Lipinski definition) is 1. The number of amides is 1. The van der Waals surface area contributed by atoms with Crippen LogP contribution >= 0.6 is 0 Å². The third-order valence-corrected chi connectivity index (χ3v) is 5.57. The number of benzene rings is 2. The second kappa shape index (κ2) is 10.2. The summed E-state index contributed by atoms with van der Waals surface area (Å²) in [5.41, 5.74) is 2.28. The number of nitrogens with one attached hydrogen (secondary N) is 1. The molecule has 6 heteroatoms. The van der Waals surface area contributed by atoms with Crippen molar-refractivity contribution in [2.75, 3.05) is 39.3 Å². The SMILES string of the molecule is O=C(CN1CCN(CCn2ccnc2-c2ccccc2)CC1)NCc1ccccc1. The Morgan fingerprint density at radius 3 is 2.27 bits per heavy atom. The molecule has 1 aliphatic rings. The topological polar surface area (TPSA) is 53.4 Å². The van der Waals surface area contributed by atoms with E-state index in [9.17, 15) is 4.79 Å². The maximum atomic E-state index is 12.2. The van der Waals surface area contributed by atoms with Crippen LogP contribution < -0.4 is 5.32 Å². The zero-order valence-corrected chi connectivity index (χ0v) is 17.3. The van der Waals surface area contributed by atoms with Gasteiger partial charge in [0, 0.05) is 63.8 Å². The lowest BCUT2D eigenvalue weighted by atomic mass is 10.2. The highest BCUT2D eigenvalue weighted by molar-refractivity contribution is 5.78. The van der Waals surface area contributed by atoms with Gasteiger partial charge in [0.25, 0.3) is 0 Å². The Morgan fingerprint density at radius 2 is 1.53 bits per heavy atom. The molecule has 1 fully saturated rings. The minimum Gasteiger partial charge on any atom is -0.351 e. The molecule has 0 aliphatic carbocycles. The normalized spacial score (nSPS) is 15.2. The molecule has 4 rings (SSSR count). The third-order valence-electron chi connectivity index (χ3n) is 5.57. The summed E-state index contributed by atoms with van der Waals surface area (Å²) in [5, 5.41) is 3.02. The van der Waals surface area contributed by atoms with E-state index in [0.717, 1.165) is 56.2 Å². The van der Waals surface area contributed by atoms with E-state index in [1.165, 1.54) is 0 Å². The van der Waals surface area contributed by atoms with E-state index in [1.54, 1.807) is 0 Å². The second-order valence-electron chi connectivity index (χ2n) is 7.69. The highest BCUT2D eigenvalue weighted by atomic mass is 16.2. The van der Waals surface area contributed by atoms with Crippen LogP contribution in [0.1, 0.15) is 5.56 Å². The van der Waals surface area contributed by atoms with Gasteiger partial charge in [0.1, 0.15) is 5.82 Å². The lowest BCUT2D eigenvalue weighted by Crippen LogP contribution is -2.49. The van der Waals surface area contributed by atoms with Crippen molar-refractivity contribution >= 4 is 5.91 Å². The van der Waals surface area contributed by atoms with Gasteiger partial charge in [-0.2, -0.15) is 0 Å². The quantitative estimate of drug-likeness (QED) is 0.628. The van der Waals surface area contributed by atoms with Gasteiger partial charge in [0.15, 0.2) is 0 Å². The van der Waals surface area contributed by atoms with Gasteiger partial charge in [-0.1, -0.05) is 60.7 Å². The third kappa shape index (κ3) is 5.55. The van der Waals surface area contributed by atoms with Crippen molar-refractivity contribution < 1.29 is 4.79 Å². The molecule has 0 unspecified atom stereocenters. The zero-order chi connectivity index (χ0) is 20.6. The molecule has 1 saturated heterocycles. The van der Waals surface area contributed by atoms with Gasteiger partial charge in [-0.15, -0.1) is 0 Å². The number of nitrogens with zero attached hydrogens (tertiary/aromatic N) is 4. The molecule has 0 radical (unpaired) electrons. The van der Waals surface area contributed by atoms with Crippen LogP contribution in [0, 0.1) is 0 Å². The van der Waals surface area contributed by atoms with Crippen molar-refractivity contribution in [1.82, 2.24) is 24.7 Å². The van der Waals surface area contributed by atoms with Crippen LogP contribution in [0.5, 0.6) is 0 Å². The summed E-state index contributed by atoms with van der Waals surface area (Å²) in [7, 11) is 0. The largest absolute Gasteiger partial charge is 0.351 e. The summed E-state index contributed by atoms with van der Waals surface area (Å²) >= 11 is 0. The van der Waals surface area contributed by atoms with E-state index in [-0.39, 0.29) is 5.91 Å². The first-order chi connectivity index (χ1) is 14.8. The summed E-state index contributed by atoms with van der Waals surface area (Å²) in [6.07, 6.45) is 3.92. The molecule has 1 aromatic heterocycles. The smallest absolute Gasteiger partial charge is 0.234 e. The number of aromatic nitrogens is 2. The first kappa shape index (κ1) is 20.3. The van der Waals surface area contributed by atoms with Gasteiger partial charge in [-0.05, 0) is 5.56 Å². The molecule has 0 spiro atoms. The average Bonchev–Trinajstić information content (AvgIpc) is 3.27. The van der Waals surface area contributed by atoms with Crippen LogP contribution in [0.3, 0.4) is 0 Å². The van der Waals surface area contributed by atoms with Crippen molar-refractivity contribution in [3.05, 3.63) is 78.6 Å².